The number of rotatable bonds is 3. The fraction of sp³-hybridized carbons (Fsp3) is 0.222. The number of allylic oxidation sites excluding steroid dienone is 3. The first-order valence-electron chi connectivity index (χ1n) is 10.8. The average molecular weight is 425 g/mol. The van der Waals surface area contributed by atoms with Gasteiger partial charge in [-0.15, -0.1) is 0 Å². The normalized spacial score (nSPS) is 19.6. The lowest BCUT2D eigenvalue weighted by Crippen LogP contribution is -2.33. The van der Waals surface area contributed by atoms with Crippen LogP contribution in [0, 0.1) is 15.5 Å². The van der Waals surface area contributed by atoms with Crippen LogP contribution in [-0.2, 0) is 4.79 Å². The largest absolute Gasteiger partial charge is 0.358 e. The van der Waals surface area contributed by atoms with Crippen molar-refractivity contribution in [1.82, 2.24) is 0 Å². The van der Waals surface area contributed by atoms with Gasteiger partial charge >= 0.3 is 0 Å². The van der Waals surface area contributed by atoms with Crippen molar-refractivity contribution in [3.63, 3.8) is 0 Å². The zero-order valence-corrected chi connectivity index (χ0v) is 18.1. The van der Waals surface area contributed by atoms with Crippen LogP contribution < -0.4 is 5.32 Å². The zero-order chi connectivity index (χ0) is 22.5. The Hall–Kier alpha value is -3.73. The van der Waals surface area contributed by atoms with E-state index in [-0.39, 0.29) is 27.7 Å². The molecule has 0 radical (unpaired) electrons. The predicted octanol–water partition coefficient (Wildman–Crippen LogP) is 6.61. The van der Waals surface area contributed by atoms with Crippen LogP contribution in [0.15, 0.2) is 78.0 Å². The number of carbonyl (C=O) groups excluding carboxylic acids is 1. The molecule has 0 spiro atoms. The maximum absolute atomic E-state index is 13.3. The monoisotopic (exact) mass is 424 g/mol. The van der Waals surface area contributed by atoms with Gasteiger partial charge in [0.15, 0.2) is 5.78 Å². The SMILES string of the molecule is CC1(C)CC(=O)C2=C(C1)Nc1ccc3ccccc3c1[C@H]2/C=C/c1ccccc1[N+](=O)[O-]. The number of benzene rings is 3. The smallest absolute Gasteiger partial charge is 0.276 e. The number of nitro groups is 1. The Morgan fingerprint density at radius 1 is 1.03 bits per heavy atom. The van der Waals surface area contributed by atoms with Crippen LogP contribution in [0.3, 0.4) is 0 Å². The Labute approximate surface area is 186 Å². The van der Waals surface area contributed by atoms with Crippen LogP contribution >= 0.6 is 0 Å². The van der Waals surface area contributed by atoms with Crippen molar-refractivity contribution in [2.75, 3.05) is 5.32 Å². The highest BCUT2D eigenvalue weighted by Crippen LogP contribution is 2.49. The number of fused-ring (bicyclic) bond motifs is 3. The van der Waals surface area contributed by atoms with Crippen molar-refractivity contribution >= 4 is 34.0 Å². The summed E-state index contributed by atoms with van der Waals surface area (Å²) in [5.41, 5.74) is 4.26. The second kappa shape index (κ2) is 7.45. The van der Waals surface area contributed by atoms with E-state index in [1.54, 1.807) is 24.3 Å². The maximum Gasteiger partial charge on any atom is 0.276 e. The molecule has 1 heterocycles. The summed E-state index contributed by atoms with van der Waals surface area (Å²) in [6, 6.07) is 19.0. The minimum absolute atomic E-state index is 0.0566. The van der Waals surface area contributed by atoms with E-state index in [2.05, 4.69) is 43.4 Å². The summed E-state index contributed by atoms with van der Waals surface area (Å²) in [6.45, 7) is 4.23. The van der Waals surface area contributed by atoms with Crippen molar-refractivity contribution in [2.24, 2.45) is 5.41 Å². The second-order valence-electron chi connectivity index (χ2n) is 9.36. The number of carbonyl (C=O) groups is 1. The summed E-state index contributed by atoms with van der Waals surface area (Å²) in [5, 5.41) is 17.2. The molecule has 2 aliphatic rings. The van der Waals surface area contributed by atoms with E-state index >= 15 is 0 Å². The van der Waals surface area contributed by atoms with E-state index in [1.807, 2.05) is 18.2 Å². The van der Waals surface area contributed by atoms with Gasteiger partial charge in [-0.2, -0.15) is 0 Å². The van der Waals surface area contributed by atoms with Gasteiger partial charge < -0.3 is 5.32 Å². The highest BCUT2D eigenvalue weighted by atomic mass is 16.6. The third-order valence-electron chi connectivity index (χ3n) is 6.40. The minimum atomic E-state index is -0.371. The molecule has 1 N–H and O–H groups in total. The van der Waals surface area contributed by atoms with Gasteiger partial charge in [0.05, 0.1) is 10.5 Å². The molecule has 0 bridgehead atoms. The second-order valence-corrected chi connectivity index (χ2v) is 9.36. The van der Waals surface area contributed by atoms with Crippen molar-refractivity contribution < 1.29 is 9.72 Å². The number of nitrogens with zero attached hydrogens (tertiary/aromatic N) is 1. The Balaban J connectivity index is 1.71. The van der Waals surface area contributed by atoms with Crippen LogP contribution in [0.4, 0.5) is 11.4 Å². The van der Waals surface area contributed by atoms with E-state index in [0.717, 1.165) is 39.7 Å². The molecule has 1 aliphatic heterocycles. The first-order chi connectivity index (χ1) is 15.3. The van der Waals surface area contributed by atoms with Crippen LogP contribution in [0.5, 0.6) is 0 Å². The number of anilines is 1. The fourth-order valence-corrected chi connectivity index (χ4v) is 5.04. The standard InChI is InChI=1S/C27H24N2O3/c1-27(2)15-22-26(24(30)16-27)20(13-11-18-8-4-6-10-23(18)29(31)32)25-19-9-5-3-7-17(19)12-14-21(25)28-22/h3-14,20,28H,15-16H2,1-2H3/b13-11+/t20-/m1/s1. The van der Waals surface area contributed by atoms with E-state index in [0.29, 0.717) is 12.0 Å². The number of Topliss-reactive ketones (excluding diaryl/α,β-unsaturated/α-hetero) is 1. The Morgan fingerprint density at radius 2 is 1.78 bits per heavy atom. The third kappa shape index (κ3) is 3.40. The minimum Gasteiger partial charge on any atom is -0.358 e. The summed E-state index contributed by atoms with van der Waals surface area (Å²) < 4.78 is 0. The van der Waals surface area contributed by atoms with E-state index in [1.165, 1.54) is 6.07 Å². The molecule has 1 atom stereocenters. The Morgan fingerprint density at radius 3 is 2.59 bits per heavy atom. The van der Waals surface area contributed by atoms with Gasteiger partial charge in [0.2, 0.25) is 0 Å². The summed E-state index contributed by atoms with van der Waals surface area (Å²) in [7, 11) is 0. The van der Waals surface area contributed by atoms with Crippen LogP contribution in [0.1, 0.15) is 43.7 Å². The molecule has 0 fully saturated rings. The number of nitrogens with one attached hydrogen (secondary N) is 1. The summed E-state index contributed by atoms with van der Waals surface area (Å²) in [6.07, 6.45) is 5.02. The fourth-order valence-electron chi connectivity index (χ4n) is 5.04. The van der Waals surface area contributed by atoms with Crippen molar-refractivity contribution in [3.8, 4) is 0 Å². The Bertz CT molecular complexity index is 1330. The number of nitro benzene ring substituents is 1. The van der Waals surface area contributed by atoms with Gasteiger partial charge in [-0.3, -0.25) is 14.9 Å². The molecule has 0 saturated carbocycles. The molecule has 5 nitrogen and oxygen atoms in total. The van der Waals surface area contributed by atoms with Gasteiger partial charge in [0, 0.05) is 35.4 Å². The van der Waals surface area contributed by atoms with E-state index in [4.69, 9.17) is 0 Å². The number of para-hydroxylation sites is 1. The first-order valence-corrected chi connectivity index (χ1v) is 10.8. The molecule has 0 amide bonds. The van der Waals surface area contributed by atoms with Gasteiger partial charge in [0.25, 0.3) is 5.69 Å². The highest BCUT2D eigenvalue weighted by molar-refractivity contribution is 6.04. The molecular weight excluding hydrogens is 400 g/mol. The average Bonchev–Trinajstić information content (AvgIpc) is 2.75. The molecule has 32 heavy (non-hydrogen) atoms. The zero-order valence-electron chi connectivity index (χ0n) is 18.1. The van der Waals surface area contributed by atoms with Gasteiger partial charge in [0.1, 0.15) is 0 Å². The molecule has 3 aromatic rings. The lowest BCUT2D eigenvalue weighted by atomic mass is 9.69. The van der Waals surface area contributed by atoms with Crippen molar-refractivity contribution in [2.45, 2.75) is 32.6 Å². The predicted molar refractivity (Wildman–Crippen MR) is 127 cm³/mol. The highest BCUT2D eigenvalue weighted by Gasteiger charge is 2.39. The summed E-state index contributed by atoms with van der Waals surface area (Å²) in [5.74, 6) is -0.129. The quantitative estimate of drug-likeness (QED) is 0.379. The van der Waals surface area contributed by atoms with Gasteiger partial charge in [-0.05, 0) is 40.3 Å². The van der Waals surface area contributed by atoms with E-state index < -0.39 is 0 Å². The lowest BCUT2D eigenvalue weighted by molar-refractivity contribution is -0.385. The first kappa shape index (κ1) is 20.2. The van der Waals surface area contributed by atoms with Gasteiger partial charge in [-0.25, -0.2) is 0 Å². The number of hydrogen-bond donors (Lipinski definition) is 1. The van der Waals surface area contributed by atoms with Crippen LogP contribution in [0.2, 0.25) is 0 Å². The van der Waals surface area contributed by atoms with Crippen molar-refractivity contribution in [1.29, 1.82) is 0 Å². The molecular formula is C27H24N2O3. The molecule has 160 valence electrons. The topological polar surface area (TPSA) is 72.2 Å². The number of ketones is 1. The van der Waals surface area contributed by atoms with Crippen LogP contribution in [-0.4, -0.2) is 10.7 Å². The molecule has 5 heteroatoms. The molecule has 5 rings (SSSR count). The molecule has 3 aromatic carbocycles. The number of hydrogen-bond acceptors (Lipinski definition) is 4. The molecule has 1 aliphatic carbocycles. The molecule has 0 saturated heterocycles. The summed E-state index contributed by atoms with van der Waals surface area (Å²) in [4.78, 5) is 24.5. The van der Waals surface area contributed by atoms with Gasteiger partial charge in [-0.1, -0.05) is 68.5 Å². The summed E-state index contributed by atoms with van der Waals surface area (Å²) >= 11 is 0. The molecule has 0 aromatic heterocycles. The van der Waals surface area contributed by atoms with Crippen molar-refractivity contribution in [3.05, 3.63) is 99.3 Å². The third-order valence-corrected chi connectivity index (χ3v) is 6.40. The lowest BCUT2D eigenvalue weighted by Gasteiger charge is -2.39. The molecule has 0 unspecified atom stereocenters. The van der Waals surface area contributed by atoms with E-state index in [9.17, 15) is 14.9 Å². The maximum atomic E-state index is 13.3. The van der Waals surface area contributed by atoms with Crippen LogP contribution in [0.25, 0.3) is 16.8 Å². The Kier molecular flexibility index (Phi) is 4.70.